The lowest BCUT2D eigenvalue weighted by Gasteiger charge is -2.46. The first-order chi connectivity index (χ1) is 7.24. The molecule has 1 saturated carbocycles. The summed E-state index contributed by atoms with van der Waals surface area (Å²) in [5.74, 6) is 4.46. The van der Waals surface area contributed by atoms with Gasteiger partial charge in [-0.3, -0.25) is 0 Å². The van der Waals surface area contributed by atoms with Crippen molar-refractivity contribution in [3.8, 4) is 0 Å². The Balaban J connectivity index is 2.81. The molecule has 0 nitrogen and oxygen atoms in total. The van der Waals surface area contributed by atoms with E-state index in [9.17, 15) is 0 Å². The molecule has 0 spiro atoms. The molecular weight excluding hydrogens is 192 g/mol. The molecule has 0 radical (unpaired) electrons. The molecule has 16 heavy (non-hydrogen) atoms. The average Bonchev–Trinajstić information content (AvgIpc) is 2.10. The summed E-state index contributed by atoms with van der Waals surface area (Å²) in [5.41, 5.74) is 0.583. The van der Waals surface area contributed by atoms with Crippen molar-refractivity contribution < 1.29 is 0 Å². The van der Waals surface area contributed by atoms with Crippen LogP contribution < -0.4 is 0 Å². The Bertz CT molecular complexity index is 204. The van der Waals surface area contributed by atoms with E-state index in [1.165, 1.54) is 19.3 Å². The maximum absolute atomic E-state index is 2.48. The predicted molar refractivity (Wildman–Crippen MR) is 73.5 cm³/mol. The first kappa shape index (κ1) is 14.1. The van der Waals surface area contributed by atoms with E-state index < -0.39 is 0 Å². The molecule has 2 atom stereocenters. The minimum absolute atomic E-state index is 0.583. The molecule has 2 unspecified atom stereocenters. The van der Waals surface area contributed by atoms with Crippen LogP contribution in [-0.4, -0.2) is 0 Å². The molecule has 0 heteroatoms. The molecule has 0 saturated heterocycles. The molecule has 1 aliphatic rings. The Morgan fingerprint density at radius 3 is 1.94 bits per heavy atom. The summed E-state index contributed by atoms with van der Waals surface area (Å²) < 4.78 is 0. The molecule has 0 aromatic rings. The van der Waals surface area contributed by atoms with Crippen LogP contribution in [0.4, 0.5) is 0 Å². The Morgan fingerprint density at radius 2 is 1.50 bits per heavy atom. The van der Waals surface area contributed by atoms with Crippen molar-refractivity contribution >= 4 is 0 Å². The second kappa shape index (κ2) is 5.10. The van der Waals surface area contributed by atoms with Crippen molar-refractivity contribution in [1.82, 2.24) is 0 Å². The van der Waals surface area contributed by atoms with E-state index in [2.05, 4.69) is 48.5 Å². The first-order valence-electron chi connectivity index (χ1n) is 7.24. The smallest absolute Gasteiger partial charge is 0.0337 e. The molecule has 0 aromatic carbocycles. The molecule has 0 amide bonds. The van der Waals surface area contributed by atoms with E-state index in [1.807, 2.05) is 0 Å². The van der Waals surface area contributed by atoms with Crippen LogP contribution in [0.5, 0.6) is 0 Å². The van der Waals surface area contributed by atoms with Gasteiger partial charge in [0, 0.05) is 0 Å². The van der Waals surface area contributed by atoms with Crippen LogP contribution in [0.1, 0.15) is 67.7 Å². The Kier molecular flexibility index (Phi) is 4.49. The van der Waals surface area contributed by atoms with Gasteiger partial charge >= 0.3 is 0 Å². The predicted octanol–water partition coefficient (Wildman–Crippen LogP) is 5.38. The number of hydrogen-bond acceptors (Lipinski definition) is 0. The van der Waals surface area contributed by atoms with Crippen molar-refractivity contribution in [3.63, 3.8) is 0 Å². The zero-order valence-electron chi connectivity index (χ0n) is 12.5. The van der Waals surface area contributed by atoms with Gasteiger partial charge in [0.25, 0.3) is 0 Å². The topological polar surface area (TPSA) is 0 Å². The summed E-state index contributed by atoms with van der Waals surface area (Å²) in [6, 6.07) is 0. The highest BCUT2D eigenvalue weighted by Crippen LogP contribution is 2.48. The summed E-state index contributed by atoms with van der Waals surface area (Å²) in [6.07, 6.45) is 4.30. The highest BCUT2D eigenvalue weighted by Gasteiger charge is 2.38. The standard InChI is InChI=1S/C16H32/c1-11(2)15(12(3)4)14-10-16(6,7)9-8-13(14)5/h11-15H,8-10H2,1-7H3. The maximum Gasteiger partial charge on any atom is -0.0337 e. The van der Waals surface area contributed by atoms with Crippen molar-refractivity contribution in [3.05, 3.63) is 0 Å². The van der Waals surface area contributed by atoms with Gasteiger partial charge in [0.1, 0.15) is 0 Å². The van der Waals surface area contributed by atoms with Gasteiger partial charge in [-0.05, 0) is 54.3 Å². The minimum Gasteiger partial charge on any atom is -0.0625 e. The fraction of sp³-hybridized carbons (Fsp3) is 1.00. The van der Waals surface area contributed by atoms with Gasteiger partial charge in [-0.1, -0.05) is 48.5 Å². The molecule has 0 aromatic heterocycles. The van der Waals surface area contributed by atoms with E-state index >= 15 is 0 Å². The molecule has 96 valence electrons. The summed E-state index contributed by atoms with van der Waals surface area (Å²) in [4.78, 5) is 0. The molecule has 0 N–H and O–H groups in total. The third kappa shape index (κ3) is 3.25. The van der Waals surface area contributed by atoms with Gasteiger partial charge in [0.05, 0.1) is 0 Å². The molecule has 0 aliphatic heterocycles. The van der Waals surface area contributed by atoms with Gasteiger partial charge in [-0.15, -0.1) is 0 Å². The molecule has 1 rings (SSSR count). The summed E-state index contributed by atoms with van der Waals surface area (Å²) >= 11 is 0. The van der Waals surface area contributed by atoms with E-state index in [0.29, 0.717) is 5.41 Å². The van der Waals surface area contributed by atoms with Crippen molar-refractivity contribution in [2.75, 3.05) is 0 Å². The zero-order chi connectivity index (χ0) is 12.5. The SMILES string of the molecule is CC(C)C(C(C)C)C1CC(C)(C)CCC1C. The Hall–Kier alpha value is 0. The van der Waals surface area contributed by atoms with E-state index in [1.54, 1.807) is 0 Å². The van der Waals surface area contributed by atoms with Crippen LogP contribution in [0.3, 0.4) is 0 Å². The van der Waals surface area contributed by atoms with E-state index in [-0.39, 0.29) is 0 Å². The second-order valence-corrected chi connectivity index (χ2v) is 7.61. The van der Waals surface area contributed by atoms with Crippen LogP contribution in [0, 0.1) is 35.0 Å². The fourth-order valence-electron chi connectivity index (χ4n) is 4.05. The summed E-state index contributed by atoms with van der Waals surface area (Å²) in [6.45, 7) is 17.1. The Morgan fingerprint density at radius 1 is 1.00 bits per heavy atom. The van der Waals surface area contributed by atoms with Crippen LogP contribution in [0.25, 0.3) is 0 Å². The van der Waals surface area contributed by atoms with Gasteiger partial charge in [-0.2, -0.15) is 0 Å². The number of rotatable bonds is 3. The van der Waals surface area contributed by atoms with Crippen molar-refractivity contribution in [2.45, 2.75) is 67.7 Å². The third-order valence-corrected chi connectivity index (χ3v) is 4.83. The molecule has 1 fully saturated rings. The van der Waals surface area contributed by atoms with Gasteiger partial charge in [0.15, 0.2) is 0 Å². The molecule has 1 aliphatic carbocycles. The molecule has 0 bridgehead atoms. The van der Waals surface area contributed by atoms with Crippen LogP contribution in [0.2, 0.25) is 0 Å². The average molecular weight is 224 g/mol. The third-order valence-electron chi connectivity index (χ3n) is 4.83. The highest BCUT2D eigenvalue weighted by atomic mass is 14.4. The maximum atomic E-state index is 2.48. The quantitative estimate of drug-likeness (QED) is 0.604. The van der Waals surface area contributed by atoms with Crippen LogP contribution in [0.15, 0.2) is 0 Å². The van der Waals surface area contributed by atoms with Gasteiger partial charge < -0.3 is 0 Å². The van der Waals surface area contributed by atoms with Crippen LogP contribution in [-0.2, 0) is 0 Å². The Labute approximate surface area is 103 Å². The van der Waals surface area contributed by atoms with Gasteiger partial charge in [-0.25, -0.2) is 0 Å². The first-order valence-corrected chi connectivity index (χ1v) is 7.24. The minimum atomic E-state index is 0.583. The second-order valence-electron chi connectivity index (χ2n) is 7.61. The normalized spacial score (nSPS) is 30.4. The monoisotopic (exact) mass is 224 g/mol. The summed E-state index contributed by atoms with van der Waals surface area (Å²) in [7, 11) is 0. The lowest BCUT2D eigenvalue weighted by molar-refractivity contribution is 0.0412. The van der Waals surface area contributed by atoms with Crippen LogP contribution >= 0.6 is 0 Å². The number of hydrogen-bond donors (Lipinski definition) is 0. The fourth-order valence-corrected chi connectivity index (χ4v) is 4.05. The molecular formula is C16H32. The summed E-state index contributed by atoms with van der Waals surface area (Å²) in [5, 5.41) is 0. The van der Waals surface area contributed by atoms with Crippen molar-refractivity contribution in [2.24, 2.45) is 35.0 Å². The van der Waals surface area contributed by atoms with Gasteiger partial charge in [0.2, 0.25) is 0 Å². The largest absolute Gasteiger partial charge is 0.0625 e. The van der Waals surface area contributed by atoms with E-state index in [4.69, 9.17) is 0 Å². The molecule has 0 heterocycles. The van der Waals surface area contributed by atoms with Crippen molar-refractivity contribution in [1.29, 1.82) is 0 Å². The zero-order valence-corrected chi connectivity index (χ0v) is 12.5. The lowest BCUT2D eigenvalue weighted by Crippen LogP contribution is -2.37. The highest BCUT2D eigenvalue weighted by molar-refractivity contribution is 4.88. The van der Waals surface area contributed by atoms with E-state index in [0.717, 1.165) is 29.6 Å². The lowest BCUT2D eigenvalue weighted by atomic mass is 9.60.